The quantitative estimate of drug-likeness (QED) is 0.582. The molecule has 1 heterocycles. The van der Waals surface area contributed by atoms with Crippen molar-refractivity contribution in [3.05, 3.63) is 63.6 Å². The summed E-state index contributed by atoms with van der Waals surface area (Å²) in [6, 6.07) is 10.8. The number of aromatic nitrogens is 1. The maximum absolute atomic E-state index is 12.3. The molecule has 0 atom stereocenters. The SMILES string of the molecule is O=C(CNS(=O)(=O)c1ccc2[nH]c(=O)oc2c1)NCc1ccc(Cl)cc1. The summed E-state index contributed by atoms with van der Waals surface area (Å²) in [6.45, 7) is -0.177. The molecule has 10 heteroatoms. The van der Waals surface area contributed by atoms with E-state index in [4.69, 9.17) is 16.0 Å². The highest BCUT2D eigenvalue weighted by molar-refractivity contribution is 7.89. The average Bonchev–Trinajstić information content (AvgIpc) is 2.98. The van der Waals surface area contributed by atoms with Crippen LogP contribution in [0, 0.1) is 0 Å². The Labute approximate surface area is 153 Å². The van der Waals surface area contributed by atoms with Gasteiger partial charge in [0.2, 0.25) is 15.9 Å². The van der Waals surface area contributed by atoms with E-state index in [0.29, 0.717) is 10.5 Å². The van der Waals surface area contributed by atoms with Gasteiger partial charge in [0.1, 0.15) is 0 Å². The molecule has 0 fully saturated rings. The lowest BCUT2D eigenvalue weighted by Crippen LogP contribution is -2.36. The van der Waals surface area contributed by atoms with Gasteiger partial charge in [0.25, 0.3) is 0 Å². The monoisotopic (exact) mass is 395 g/mol. The molecule has 0 aliphatic heterocycles. The number of fused-ring (bicyclic) bond motifs is 1. The van der Waals surface area contributed by atoms with Crippen molar-refractivity contribution < 1.29 is 17.6 Å². The van der Waals surface area contributed by atoms with Gasteiger partial charge in [0, 0.05) is 17.6 Å². The van der Waals surface area contributed by atoms with Crippen molar-refractivity contribution in [1.82, 2.24) is 15.0 Å². The second kappa shape index (κ2) is 7.32. The van der Waals surface area contributed by atoms with Gasteiger partial charge in [-0.15, -0.1) is 0 Å². The molecule has 0 unspecified atom stereocenters. The van der Waals surface area contributed by atoms with Gasteiger partial charge < -0.3 is 9.73 Å². The average molecular weight is 396 g/mol. The number of hydrogen-bond acceptors (Lipinski definition) is 5. The Kier molecular flexibility index (Phi) is 5.12. The number of carbonyl (C=O) groups excluding carboxylic acids is 1. The predicted molar refractivity (Wildman–Crippen MR) is 95.3 cm³/mol. The van der Waals surface area contributed by atoms with Gasteiger partial charge >= 0.3 is 5.76 Å². The number of benzene rings is 2. The molecule has 8 nitrogen and oxygen atoms in total. The molecule has 0 aliphatic rings. The Balaban J connectivity index is 1.60. The Morgan fingerprint density at radius 1 is 1.15 bits per heavy atom. The lowest BCUT2D eigenvalue weighted by atomic mass is 10.2. The van der Waals surface area contributed by atoms with Crippen LogP contribution in [0.3, 0.4) is 0 Å². The molecule has 0 saturated heterocycles. The summed E-state index contributed by atoms with van der Waals surface area (Å²) in [5.41, 5.74) is 1.33. The van der Waals surface area contributed by atoms with E-state index in [9.17, 15) is 18.0 Å². The van der Waals surface area contributed by atoms with Crippen LogP contribution in [0.25, 0.3) is 11.1 Å². The molecule has 2 aromatic carbocycles. The zero-order valence-corrected chi connectivity index (χ0v) is 14.9. The van der Waals surface area contributed by atoms with E-state index in [1.165, 1.54) is 18.2 Å². The van der Waals surface area contributed by atoms with Crippen LogP contribution in [0.1, 0.15) is 5.56 Å². The van der Waals surface area contributed by atoms with E-state index in [-0.39, 0.29) is 17.0 Å². The summed E-state index contributed by atoms with van der Waals surface area (Å²) in [7, 11) is -3.93. The van der Waals surface area contributed by atoms with Crippen LogP contribution < -0.4 is 15.8 Å². The number of hydrogen-bond donors (Lipinski definition) is 3. The maximum Gasteiger partial charge on any atom is 0.417 e. The van der Waals surface area contributed by atoms with E-state index < -0.39 is 28.2 Å². The van der Waals surface area contributed by atoms with E-state index in [2.05, 4.69) is 15.0 Å². The Morgan fingerprint density at radius 3 is 2.62 bits per heavy atom. The highest BCUT2D eigenvalue weighted by Crippen LogP contribution is 2.16. The Morgan fingerprint density at radius 2 is 1.88 bits per heavy atom. The molecule has 26 heavy (non-hydrogen) atoms. The van der Waals surface area contributed by atoms with Crippen LogP contribution in [0.4, 0.5) is 0 Å². The molecule has 136 valence electrons. The fourth-order valence-corrected chi connectivity index (χ4v) is 3.33. The molecule has 0 saturated carbocycles. The molecule has 3 rings (SSSR count). The third-order valence-electron chi connectivity index (χ3n) is 3.53. The third-order valence-corrected chi connectivity index (χ3v) is 5.18. The largest absolute Gasteiger partial charge is 0.417 e. The first kappa shape index (κ1) is 18.2. The summed E-state index contributed by atoms with van der Waals surface area (Å²) in [6.07, 6.45) is 0. The Bertz CT molecular complexity index is 1100. The number of nitrogens with one attached hydrogen (secondary N) is 3. The maximum atomic E-state index is 12.3. The van der Waals surface area contributed by atoms with Gasteiger partial charge in [-0.1, -0.05) is 23.7 Å². The van der Waals surface area contributed by atoms with E-state index in [0.717, 1.165) is 5.56 Å². The topological polar surface area (TPSA) is 121 Å². The molecule has 1 aromatic heterocycles. The minimum absolute atomic E-state index is 0.113. The number of oxazole rings is 1. The normalized spacial score (nSPS) is 11.6. The summed E-state index contributed by atoms with van der Waals surface area (Å²) in [4.78, 5) is 25.3. The summed E-state index contributed by atoms with van der Waals surface area (Å²) in [5, 5.41) is 3.19. The highest BCUT2D eigenvalue weighted by Gasteiger charge is 2.17. The highest BCUT2D eigenvalue weighted by atomic mass is 35.5. The lowest BCUT2D eigenvalue weighted by molar-refractivity contribution is -0.120. The molecule has 0 spiro atoms. The van der Waals surface area contributed by atoms with E-state index in [1.807, 2.05) is 0 Å². The van der Waals surface area contributed by atoms with Crippen LogP contribution in [0.5, 0.6) is 0 Å². The molecule has 3 N–H and O–H groups in total. The molecule has 1 amide bonds. The van der Waals surface area contributed by atoms with E-state index >= 15 is 0 Å². The second-order valence-corrected chi connectivity index (χ2v) is 7.60. The number of H-pyrrole nitrogens is 1. The minimum atomic E-state index is -3.93. The van der Waals surface area contributed by atoms with Crippen molar-refractivity contribution in [1.29, 1.82) is 0 Å². The zero-order valence-electron chi connectivity index (χ0n) is 13.3. The standard InChI is InChI=1S/C16H14ClN3O5S/c17-11-3-1-10(2-4-11)8-18-15(21)9-19-26(23,24)12-5-6-13-14(7-12)25-16(22)20-13/h1-7,19H,8-9H2,(H,18,21)(H,20,22). The van der Waals surface area contributed by atoms with Gasteiger partial charge in [0.05, 0.1) is 17.0 Å². The number of rotatable bonds is 6. The number of halogens is 1. The first-order chi connectivity index (χ1) is 12.3. The minimum Gasteiger partial charge on any atom is -0.408 e. The van der Waals surface area contributed by atoms with Crippen LogP contribution in [-0.2, 0) is 21.4 Å². The lowest BCUT2D eigenvalue weighted by Gasteiger charge is -2.08. The van der Waals surface area contributed by atoms with Gasteiger partial charge in [-0.2, -0.15) is 0 Å². The molecule has 0 radical (unpaired) electrons. The van der Waals surface area contributed by atoms with Crippen LogP contribution in [0.2, 0.25) is 5.02 Å². The summed E-state index contributed by atoms with van der Waals surface area (Å²) < 4.78 is 31.6. The van der Waals surface area contributed by atoms with Crippen molar-refractivity contribution >= 4 is 38.6 Å². The van der Waals surface area contributed by atoms with E-state index in [1.54, 1.807) is 24.3 Å². The number of carbonyl (C=O) groups is 1. The predicted octanol–water partition coefficient (Wildman–Crippen LogP) is 1.37. The summed E-state index contributed by atoms with van der Waals surface area (Å²) in [5.74, 6) is -1.16. The number of amides is 1. The van der Waals surface area contributed by atoms with Crippen molar-refractivity contribution in [2.24, 2.45) is 0 Å². The zero-order chi connectivity index (χ0) is 18.7. The fourth-order valence-electron chi connectivity index (χ4n) is 2.20. The molecule has 0 aliphatic carbocycles. The van der Waals surface area contributed by atoms with Gasteiger partial charge in [0.15, 0.2) is 5.58 Å². The first-order valence-electron chi connectivity index (χ1n) is 7.47. The van der Waals surface area contributed by atoms with Gasteiger partial charge in [-0.3, -0.25) is 9.78 Å². The van der Waals surface area contributed by atoms with Gasteiger partial charge in [-0.05, 0) is 29.8 Å². The van der Waals surface area contributed by atoms with Crippen molar-refractivity contribution in [3.8, 4) is 0 Å². The van der Waals surface area contributed by atoms with Crippen LogP contribution in [-0.4, -0.2) is 25.9 Å². The molecular weight excluding hydrogens is 382 g/mol. The van der Waals surface area contributed by atoms with Crippen molar-refractivity contribution in [2.45, 2.75) is 11.4 Å². The second-order valence-electron chi connectivity index (χ2n) is 5.40. The van der Waals surface area contributed by atoms with Crippen molar-refractivity contribution in [2.75, 3.05) is 6.54 Å². The van der Waals surface area contributed by atoms with Gasteiger partial charge in [-0.25, -0.2) is 17.9 Å². The third kappa shape index (κ3) is 4.31. The molecular formula is C16H14ClN3O5S. The van der Waals surface area contributed by atoms with Crippen molar-refractivity contribution in [3.63, 3.8) is 0 Å². The molecule has 0 bridgehead atoms. The number of aromatic amines is 1. The molecule has 3 aromatic rings. The Hall–Kier alpha value is -2.62. The van der Waals surface area contributed by atoms with Crippen LogP contribution >= 0.6 is 11.6 Å². The first-order valence-corrected chi connectivity index (χ1v) is 9.33. The smallest absolute Gasteiger partial charge is 0.408 e. The summed E-state index contributed by atoms with van der Waals surface area (Å²) >= 11 is 5.78. The number of sulfonamides is 1. The fraction of sp³-hybridized carbons (Fsp3) is 0.125. The van der Waals surface area contributed by atoms with Crippen LogP contribution in [0.15, 0.2) is 56.6 Å².